The quantitative estimate of drug-likeness (QED) is 0.471. The molecule has 0 amide bonds. The number of anilines is 1. The summed E-state index contributed by atoms with van der Waals surface area (Å²) < 4.78 is 22.6. The molecule has 0 saturated carbocycles. The molecule has 0 aromatic carbocycles. The van der Waals surface area contributed by atoms with Crippen molar-refractivity contribution >= 4 is 5.82 Å². The van der Waals surface area contributed by atoms with Crippen molar-refractivity contribution in [2.45, 2.75) is 13.0 Å². The predicted molar refractivity (Wildman–Crippen MR) is 112 cm³/mol. The topological polar surface area (TPSA) is 117 Å². The number of nitrogens with one attached hydrogen (secondary N) is 1. The van der Waals surface area contributed by atoms with Crippen LogP contribution in [0.2, 0.25) is 0 Å². The van der Waals surface area contributed by atoms with Crippen LogP contribution < -0.4 is 30.2 Å². The fraction of sp³-hybridized carbons (Fsp3) is 0.550. The first-order valence-electron chi connectivity index (χ1n) is 10.2. The van der Waals surface area contributed by atoms with Gasteiger partial charge in [0.05, 0.1) is 13.2 Å². The summed E-state index contributed by atoms with van der Waals surface area (Å²) in [6.45, 7) is 7.26. The molecule has 2 aromatic rings. The number of pyridine rings is 1. The first-order chi connectivity index (χ1) is 14.8. The lowest BCUT2D eigenvalue weighted by molar-refractivity contribution is 0.102. The van der Waals surface area contributed by atoms with Crippen LogP contribution in [0, 0.1) is 0 Å². The highest BCUT2D eigenvalue weighted by Crippen LogP contribution is 2.26. The molecule has 1 saturated heterocycles. The number of nitrogens with two attached hydrogens (primary N) is 1. The van der Waals surface area contributed by atoms with Gasteiger partial charge in [-0.1, -0.05) is 0 Å². The zero-order valence-electron chi connectivity index (χ0n) is 17.3. The van der Waals surface area contributed by atoms with Crippen LogP contribution in [0.5, 0.6) is 17.5 Å². The van der Waals surface area contributed by atoms with E-state index in [2.05, 4.69) is 32.1 Å². The molecule has 30 heavy (non-hydrogen) atoms. The largest absolute Gasteiger partial charge is 0.484 e. The molecule has 3 heterocycles. The van der Waals surface area contributed by atoms with Gasteiger partial charge in [0.15, 0.2) is 11.6 Å². The molecule has 1 aliphatic rings. The Morgan fingerprint density at radius 1 is 1.00 bits per heavy atom. The number of piperazine rings is 1. The molecule has 3 rings (SSSR count). The summed E-state index contributed by atoms with van der Waals surface area (Å²) in [5, 5.41) is 3.37. The van der Waals surface area contributed by atoms with E-state index in [1.165, 1.54) is 0 Å². The Kier molecular flexibility index (Phi) is 8.88. The van der Waals surface area contributed by atoms with Gasteiger partial charge >= 0.3 is 0 Å². The Balaban J connectivity index is 1.49. The van der Waals surface area contributed by atoms with Gasteiger partial charge in [-0.25, -0.2) is 15.0 Å². The van der Waals surface area contributed by atoms with Crippen LogP contribution in [0.1, 0.15) is 6.92 Å². The maximum atomic E-state index is 5.87. The minimum absolute atomic E-state index is 0.318. The standard InChI is InChI=1S/C20H30N6O4/c1-16-15-22-8-9-26(16)18-20(25-7-6-23-18)30-14-13-28-17-3-2-5-24-19(17)29-12-11-27-10-4-21/h2-3,5-7,16,22H,4,8-15,21H2,1H3/t16-/m1/s1. The molecule has 2 aromatic heterocycles. The number of ether oxygens (including phenoxy) is 4. The van der Waals surface area contributed by atoms with Gasteiger partial charge in [0.1, 0.15) is 19.8 Å². The lowest BCUT2D eigenvalue weighted by Gasteiger charge is -2.35. The predicted octanol–water partition coefficient (Wildman–Crippen LogP) is 0.482. The molecule has 0 spiro atoms. The lowest BCUT2D eigenvalue weighted by atomic mass is 10.2. The summed E-state index contributed by atoms with van der Waals surface area (Å²) >= 11 is 0. The molecule has 1 aliphatic heterocycles. The van der Waals surface area contributed by atoms with Crippen molar-refractivity contribution in [3.8, 4) is 17.5 Å². The summed E-state index contributed by atoms with van der Waals surface area (Å²) in [7, 11) is 0. The summed E-state index contributed by atoms with van der Waals surface area (Å²) in [5.41, 5.74) is 5.39. The molecule has 10 nitrogen and oxygen atoms in total. The van der Waals surface area contributed by atoms with Crippen molar-refractivity contribution in [3.05, 3.63) is 30.7 Å². The van der Waals surface area contributed by atoms with Crippen LogP contribution in [0.3, 0.4) is 0 Å². The molecule has 0 aliphatic carbocycles. The van der Waals surface area contributed by atoms with E-state index in [1.54, 1.807) is 30.7 Å². The highest BCUT2D eigenvalue weighted by molar-refractivity contribution is 5.49. The SMILES string of the molecule is C[C@@H]1CNCCN1c1nccnc1OCCOc1cccnc1OCCOCCN. The molecule has 0 radical (unpaired) electrons. The van der Waals surface area contributed by atoms with Crippen LogP contribution in [0.25, 0.3) is 0 Å². The summed E-state index contributed by atoms with van der Waals surface area (Å²) in [5.74, 6) is 2.24. The molecule has 3 N–H and O–H groups in total. The first kappa shape index (κ1) is 22.0. The van der Waals surface area contributed by atoms with E-state index in [9.17, 15) is 0 Å². The van der Waals surface area contributed by atoms with Crippen molar-refractivity contribution < 1.29 is 18.9 Å². The molecule has 0 bridgehead atoms. The van der Waals surface area contributed by atoms with Crippen molar-refractivity contribution in [2.75, 3.05) is 64.1 Å². The van der Waals surface area contributed by atoms with Crippen LogP contribution in [-0.4, -0.2) is 80.2 Å². The van der Waals surface area contributed by atoms with Gasteiger partial charge in [-0.2, -0.15) is 0 Å². The minimum atomic E-state index is 0.318. The van der Waals surface area contributed by atoms with Crippen LogP contribution in [-0.2, 0) is 4.74 Å². The smallest absolute Gasteiger partial charge is 0.257 e. The van der Waals surface area contributed by atoms with Crippen molar-refractivity contribution in [2.24, 2.45) is 5.73 Å². The minimum Gasteiger partial charge on any atom is -0.484 e. The van der Waals surface area contributed by atoms with Crippen molar-refractivity contribution in [3.63, 3.8) is 0 Å². The number of hydrogen-bond acceptors (Lipinski definition) is 10. The van der Waals surface area contributed by atoms with E-state index < -0.39 is 0 Å². The Morgan fingerprint density at radius 2 is 1.77 bits per heavy atom. The Bertz CT molecular complexity index is 766. The maximum Gasteiger partial charge on any atom is 0.257 e. The summed E-state index contributed by atoms with van der Waals surface area (Å²) in [4.78, 5) is 15.3. The van der Waals surface area contributed by atoms with Gasteiger partial charge in [-0.05, 0) is 19.1 Å². The monoisotopic (exact) mass is 418 g/mol. The second-order valence-electron chi connectivity index (χ2n) is 6.68. The number of rotatable bonds is 12. The molecule has 0 unspecified atom stereocenters. The van der Waals surface area contributed by atoms with Gasteiger partial charge in [0.25, 0.3) is 11.8 Å². The average Bonchev–Trinajstić information content (AvgIpc) is 2.78. The summed E-state index contributed by atoms with van der Waals surface area (Å²) in [6, 6.07) is 3.91. The Morgan fingerprint density at radius 3 is 2.63 bits per heavy atom. The fourth-order valence-corrected chi connectivity index (χ4v) is 3.04. The van der Waals surface area contributed by atoms with E-state index in [-0.39, 0.29) is 0 Å². The molecule has 1 fully saturated rings. The third kappa shape index (κ3) is 6.41. The van der Waals surface area contributed by atoms with Gasteiger partial charge in [-0.15, -0.1) is 0 Å². The summed E-state index contributed by atoms with van der Waals surface area (Å²) in [6.07, 6.45) is 4.97. The fourth-order valence-electron chi connectivity index (χ4n) is 3.04. The second kappa shape index (κ2) is 12.1. The first-order valence-corrected chi connectivity index (χ1v) is 10.2. The van der Waals surface area contributed by atoms with Gasteiger partial charge < -0.3 is 34.9 Å². The van der Waals surface area contributed by atoms with E-state index in [0.29, 0.717) is 63.1 Å². The van der Waals surface area contributed by atoms with Crippen LogP contribution in [0.4, 0.5) is 5.82 Å². The molecular weight excluding hydrogens is 388 g/mol. The molecule has 10 heteroatoms. The maximum absolute atomic E-state index is 5.87. The normalized spacial score (nSPS) is 16.3. The average molecular weight is 418 g/mol. The van der Waals surface area contributed by atoms with Gasteiger partial charge in [0, 0.05) is 50.8 Å². The number of aromatic nitrogens is 3. The highest BCUT2D eigenvalue weighted by atomic mass is 16.6. The van der Waals surface area contributed by atoms with Crippen molar-refractivity contribution in [1.82, 2.24) is 20.3 Å². The second-order valence-corrected chi connectivity index (χ2v) is 6.68. The van der Waals surface area contributed by atoms with E-state index in [4.69, 9.17) is 24.7 Å². The number of hydrogen-bond donors (Lipinski definition) is 2. The molecular formula is C20H30N6O4. The third-order valence-electron chi connectivity index (χ3n) is 4.46. The van der Waals surface area contributed by atoms with E-state index >= 15 is 0 Å². The van der Waals surface area contributed by atoms with Crippen LogP contribution >= 0.6 is 0 Å². The third-order valence-corrected chi connectivity index (χ3v) is 4.46. The van der Waals surface area contributed by atoms with Crippen molar-refractivity contribution in [1.29, 1.82) is 0 Å². The highest BCUT2D eigenvalue weighted by Gasteiger charge is 2.23. The zero-order valence-corrected chi connectivity index (χ0v) is 17.3. The zero-order chi connectivity index (χ0) is 21.0. The number of nitrogens with zero attached hydrogens (tertiary/aromatic N) is 4. The van der Waals surface area contributed by atoms with Crippen LogP contribution in [0.15, 0.2) is 30.7 Å². The lowest BCUT2D eigenvalue weighted by Crippen LogP contribution is -2.50. The van der Waals surface area contributed by atoms with E-state index in [0.717, 1.165) is 25.5 Å². The Labute approximate surface area is 176 Å². The Hall–Kier alpha value is -2.69. The molecule has 164 valence electrons. The van der Waals surface area contributed by atoms with Gasteiger partial charge in [0.2, 0.25) is 0 Å². The molecule has 1 atom stereocenters. The van der Waals surface area contributed by atoms with E-state index in [1.807, 2.05) is 0 Å². The van der Waals surface area contributed by atoms with Gasteiger partial charge in [-0.3, -0.25) is 0 Å².